The molecule has 0 radical (unpaired) electrons. The van der Waals surface area contributed by atoms with Gasteiger partial charge in [-0.2, -0.15) is 0 Å². The lowest BCUT2D eigenvalue weighted by Crippen LogP contribution is -2.52. The van der Waals surface area contributed by atoms with Crippen molar-refractivity contribution in [3.8, 4) is 0 Å². The van der Waals surface area contributed by atoms with E-state index in [-0.39, 0.29) is 12.5 Å². The first-order chi connectivity index (χ1) is 13.8. The summed E-state index contributed by atoms with van der Waals surface area (Å²) in [5.74, 6) is 0.189. The standard InChI is InChI=1S/C22H29N3O3S/c1-18(2)19-9-11-21(12-10-19)25(29(3,27)28)17-22(26)24-15-13-23(14-16-24)20-7-5-4-6-8-20/h4-12,18H,13-17H2,1-3H3. The van der Waals surface area contributed by atoms with Crippen LogP contribution in [0.4, 0.5) is 11.4 Å². The number of para-hydroxylation sites is 1. The van der Waals surface area contributed by atoms with Gasteiger partial charge in [0.25, 0.3) is 0 Å². The molecule has 0 spiro atoms. The predicted octanol–water partition coefficient (Wildman–Crippen LogP) is 2.92. The molecule has 0 unspecified atom stereocenters. The molecule has 0 atom stereocenters. The number of sulfonamides is 1. The molecule has 7 heteroatoms. The van der Waals surface area contributed by atoms with Crippen LogP contribution in [0.15, 0.2) is 54.6 Å². The highest BCUT2D eigenvalue weighted by atomic mass is 32.2. The normalized spacial score (nSPS) is 14.9. The Bertz CT molecular complexity index is 920. The third-order valence-corrected chi connectivity index (χ3v) is 6.42. The Morgan fingerprint density at radius 1 is 0.966 bits per heavy atom. The van der Waals surface area contributed by atoms with Crippen LogP contribution in [0, 0.1) is 0 Å². The van der Waals surface area contributed by atoms with Crippen molar-refractivity contribution in [2.45, 2.75) is 19.8 Å². The first-order valence-corrected chi connectivity index (χ1v) is 11.8. The van der Waals surface area contributed by atoms with Gasteiger partial charge >= 0.3 is 0 Å². The molecule has 1 amide bonds. The van der Waals surface area contributed by atoms with Gasteiger partial charge in [-0.1, -0.05) is 44.2 Å². The van der Waals surface area contributed by atoms with Crippen LogP contribution >= 0.6 is 0 Å². The molecule has 0 bridgehead atoms. The lowest BCUT2D eigenvalue weighted by Gasteiger charge is -2.37. The fourth-order valence-corrected chi connectivity index (χ4v) is 4.35. The summed E-state index contributed by atoms with van der Waals surface area (Å²) in [5.41, 5.74) is 2.79. The lowest BCUT2D eigenvalue weighted by atomic mass is 10.0. The number of anilines is 2. The van der Waals surface area contributed by atoms with Gasteiger partial charge in [0.1, 0.15) is 6.54 Å². The molecule has 0 aromatic heterocycles. The molecule has 0 N–H and O–H groups in total. The van der Waals surface area contributed by atoms with Crippen molar-refractivity contribution in [3.63, 3.8) is 0 Å². The molecule has 2 aromatic carbocycles. The Morgan fingerprint density at radius 2 is 1.55 bits per heavy atom. The first kappa shape index (κ1) is 21.2. The van der Waals surface area contributed by atoms with Gasteiger partial charge in [-0.15, -0.1) is 0 Å². The fraction of sp³-hybridized carbons (Fsp3) is 0.409. The number of hydrogen-bond donors (Lipinski definition) is 0. The summed E-state index contributed by atoms with van der Waals surface area (Å²) >= 11 is 0. The van der Waals surface area contributed by atoms with Crippen LogP contribution in [0.5, 0.6) is 0 Å². The van der Waals surface area contributed by atoms with E-state index >= 15 is 0 Å². The number of piperazine rings is 1. The Hall–Kier alpha value is -2.54. The van der Waals surface area contributed by atoms with Crippen molar-refractivity contribution in [2.24, 2.45) is 0 Å². The number of hydrogen-bond acceptors (Lipinski definition) is 4. The van der Waals surface area contributed by atoms with Gasteiger partial charge in [0, 0.05) is 31.9 Å². The topological polar surface area (TPSA) is 60.9 Å². The molecular formula is C22H29N3O3S. The van der Waals surface area contributed by atoms with E-state index in [1.807, 2.05) is 30.3 Å². The first-order valence-electron chi connectivity index (χ1n) is 9.91. The predicted molar refractivity (Wildman–Crippen MR) is 118 cm³/mol. The maximum atomic E-state index is 12.8. The maximum absolute atomic E-state index is 12.8. The molecular weight excluding hydrogens is 386 g/mol. The second kappa shape index (κ2) is 8.86. The molecule has 2 aromatic rings. The van der Waals surface area contributed by atoms with E-state index in [0.29, 0.717) is 24.7 Å². The number of carbonyl (C=O) groups excluding carboxylic acids is 1. The summed E-state index contributed by atoms with van der Waals surface area (Å²) in [5, 5.41) is 0. The molecule has 1 heterocycles. The van der Waals surface area contributed by atoms with Gasteiger partial charge in [-0.3, -0.25) is 9.10 Å². The van der Waals surface area contributed by atoms with E-state index in [1.165, 1.54) is 4.31 Å². The van der Waals surface area contributed by atoms with Gasteiger partial charge < -0.3 is 9.80 Å². The summed E-state index contributed by atoms with van der Waals surface area (Å²) in [6, 6.07) is 17.5. The van der Waals surface area contributed by atoms with Crippen LogP contribution in [0.25, 0.3) is 0 Å². The van der Waals surface area contributed by atoms with Crippen molar-refractivity contribution in [3.05, 3.63) is 60.2 Å². The molecule has 1 aliphatic heterocycles. The van der Waals surface area contributed by atoms with Gasteiger partial charge in [0.15, 0.2) is 0 Å². The molecule has 0 aliphatic carbocycles. The van der Waals surface area contributed by atoms with Crippen molar-refractivity contribution in [1.29, 1.82) is 0 Å². The highest BCUT2D eigenvalue weighted by molar-refractivity contribution is 7.92. The minimum Gasteiger partial charge on any atom is -0.368 e. The van der Waals surface area contributed by atoms with Crippen molar-refractivity contribution >= 4 is 27.3 Å². The van der Waals surface area contributed by atoms with Gasteiger partial charge in [-0.05, 0) is 35.7 Å². The van der Waals surface area contributed by atoms with Crippen LogP contribution in [0.1, 0.15) is 25.3 Å². The van der Waals surface area contributed by atoms with Gasteiger partial charge in [0.2, 0.25) is 15.9 Å². The summed E-state index contributed by atoms with van der Waals surface area (Å²) in [6.07, 6.45) is 1.14. The molecule has 6 nitrogen and oxygen atoms in total. The largest absolute Gasteiger partial charge is 0.368 e. The lowest BCUT2D eigenvalue weighted by molar-refractivity contribution is -0.129. The van der Waals surface area contributed by atoms with E-state index in [4.69, 9.17) is 0 Å². The van der Waals surface area contributed by atoms with Crippen LogP contribution in [-0.4, -0.2) is 58.2 Å². The molecule has 1 fully saturated rings. The summed E-state index contributed by atoms with van der Waals surface area (Å²) < 4.78 is 25.9. The van der Waals surface area contributed by atoms with E-state index in [9.17, 15) is 13.2 Å². The van der Waals surface area contributed by atoms with E-state index < -0.39 is 10.0 Å². The number of rotatable bonds is 6. The highest BCUT2D eigenvalue weighted by Gasteiger charge is 2.26. The fourth-order valence-electron chi connectivity index (χ4n) is 3.50. The van der Waals surface area contributed by atoms with Crippen LogP contribution in [0.3, 0.4) is 0 Å². The highest BCUT2D eigenvalue weighted by Crippen LogP contribution is 2.22. The average Bonchev–Trinajstić information content (AvgIpc) is 2.72. The zero-order valence-electron chi connectivity index (χ0n) is 17.3. The smallest absolute Gasteiger partial charge is 0.243 e. The monoisotopic (exact) mass is 415 g/mol. The van der Waals surface area contributed by atoms with Crippen molar-refractivity contribution < 1.29 is 13.2 Å². The Morgan fingerprint density at radius 3 is 2.07 bits per heavy atom. The number of carbonyl (C=O) groups is 1. The Balaban J connectivity index is 1.67. The minimum atomic E-state index is -3.56. The number of benzene rings is 2. The van der Waals surface area contributed by atoms with E-state index in [0.717, 1.165) is 30.6 Å². The second-order valence-electron chi connectivity index (χ2n) is 7.72. The summed E-state index contributed by atoms with van der Waals surface area (Å²) in [4.78, 5) is 16.8. The zero-order valence-corrected chi connectivity index (χ0v) is 18.1. The summed E-state index contributed by atoms with van der Waals surface area (Å²) in [7, 11) is -3.56. The average molecular weight is 416 g/mol. The second-order valence-corrected chi connectivity index (χ2v) is 9.63. The molecule has 156 valence electrons. The molecule has 1 aliphatic rings. The van der Waals surface area contributed by atoms with E-state index in [2.05, 4.69) is 30.9 Å². The molecule has 29 heavy (non-hydrogen) atoms. The van der Waals surface area contributed by atoms with Crippen LogP contribution in [0.2, 0.25) is 0 Å². The van der Waals surface area contributed by atoms with Crippen molar-refractivity contribution in [1.82, 2.24) is 4.90 Å². The number of nitrogens with zero attached hydrogens (tertiary/aromatic N) is 3. The quantitative estimate of drug-likeness (QED) is 0.728. The van der Waals surface area contributed by atoms with Crippen LogP contribution < -0.4 is 9.21 Å². The maximum Gasteiger partial charge on any atom is 0.243 e. The third-order valence-electron chi connectivity index (χ3n) is 5.28. The zero-order chi connectivity index (χ0) is 21.0. The molecule has 0 saturated carbocycles. The third kappa shape index (κ3) is 5.29. The van der Waals surface area contributed by atoms with Crippen LogP contribution in [-0.2, 0) is 14.8 Å². The SMILES string of the molecule is CC(C)c1ccc(N(CC(=O)N2CCN(c3ccccc3)CC2)S(C)(=O)=O)cc1. The van der Waals surface area contributed by atoms with Gasteiger partial charge in [0.05, 0.1) is 11.9 Å². The summed E-state index contributed by atoms with van der Waals surface area (Å²) in [6.45, 7) is 6.62. The minimum absolute atomic E-state index is 0.170. The molecule has 3 rings (SSSR count). The molecule has 1 saturated heterocycles. The van der Waals surface area contributed by atoms with E-state index in [1.54, 1.807) is 17.0 Å². The number of amides is 1. The van der Waals surface area contributed by atoms with Crippen molar-refractivity contribution in [2.75, 3.05) is 48.2 Å². The Labute approximate surface area is 173 Å². The Kier molecular flexibility index (Phi) is 6.47. The van der Waals surface area contributed by atoms with Gasteiger partial charge in [-0.25, -0.2) is 8.42 Å².